The third-order valence-corrected chi connectivity index (χ3v) is 5.35. The van der Waals surface area contributed by atoms with Crippen molar-refractivity contribution in [3.63, 3.8) is 0 Å². The molecule has 0 unspecified atom stereocenters. The smallest absolute Gasteiger partial charge is 0.157 e. The lowest BCUT2D eigenvalue weighted by atomic mass is 10.0. The summed E-state index contributed by atoms with van der Waals surface area (Å²) in [6.45, 7) is 15.8. The lowest BCUT2D eigenvalue weighted by Crippen LogP contribution is -2.14. The van der Waals surface area contributed by atoms with Gasteiger partial charge in [0.1, 0.15) is 11.5 Å². The van der Waals surface area contributed by atoms with Crippen molar-refractivity contribution in [2.45, 2.75) is 54.0 Å². The van der Waals surface area contributed by atoms with Gasteiger partial charge < -0.3 is 16.0 Å². The van der Waals surface area contributed by atoms with Crippen LogP contribution in [0.25, 0.3) is 28.2 Å². The number of aromatic nitrogens is 4. The molecule has 0 saturated heterocycles. The number of nitrogens with one attached hydrogen (secondary N) is 3. The van der Waals surface area contributed by atoms with Gasteiger partial charge in [0.05, 0.1) is 11.0 Å². The summed E-state index contributed by atoms with van der Waals surface area (Å²) in [5.41, 5.74) is 12.3. The molecule has 5 N–H and O–H groups in total. The number of unbranched alkanes of at least 4 members (excludes halogenated alkanes) is 1. The van der Waals surface area contributed by atoms with E-state index in [0.717, 1.165) is 59.2 Å². The summed E-state index contributed by atoms with van der Waals surface area (Å²) in [7, 11) is 0. The second-order valence-electron chi connectivity index (χ2n) is 7.68. The molecule has 0 aliphatic rings. The number of para-hydroxylation sites is 1. The molecule has 0 bridgehead atoms. The van der Waals surface area contributed by atoms with Crippen LogP contribution in [0.15, 0.2) is 55.5 Å². The number of H-pyrrole nitrogens is 1. The summed E-state index contributed by atoms with van der Waals surface area (Å²) in [5.74, 6) is 0.723. The molecule has 36 heavy (non-hydrogen) atoms. The van der Waals surface area contributed by atoms with Gasteiger partial charge in [-0.3, -0.25) is 10.4 Å². The van der Waals surface area contributed by atoms with Crippen LogP contribution in [0.5, 0.6) is 0 Å². The third-order valence-electron chi connectivity index (χ3n) is 5.35. The summed E-state index contributed by atoms with van der Waals surface area (Å²) in [6.07, 6.45) is 9.44. The van der Waals surface area contributed by atoms with E-state index in [-0.39, 0.29) is 11.5 Å². The van der Waals surface area contributed by atoms with Gasteiger partial charge in [-0.05, 0) is 36.7 Å². The zero-order valence-electron chi connectivity index (χ0n) is 22.2. The van der Waals surface area contributed by atoms with Gasteiger partial charge in [0.2, 0.25) is 0 Å². The fraction of sp³-hybridized carbons (Fsp3) is 0.310. The first-order valence-corrected chi connectivity index (χ1v) is 12.7. The molecule has 4 rings (SSSR count). The Balaban J connectivity index is 0.00000109. The Kier molecular flexibility index (Phi) is 11.5. The molecular formula is C29H39N7. The average molecular weight is 486 g/mol. The Morgan fingerprint density at radius 2 is 1.86 bits per heavy atom. The largest absolute Gasteiger partial charge is 0.383 e. The highest BCUT2D eigenvalue weighted by Crippen LogP contribution is 2.25. The standard InChI is InChI=1S/C25H27N7.2C2H6/c1-3-5-9-28-12-16-10-18(14-29-13-16)19-11-20(24(27)30-15-19)22(26)25-31-21-8-6-7-17(4-2)23(21)32-25;2*1-2/h4,6-8,10-11,13-15,26,28H,2-3,5,9,12H2,1H3,(H2,27,30)(H,31,32);2*1-2H3. The number of nitrogens with two attached hydrogens (primary N) is 1. The van der Waals surface area contributed by atoms with Crippen LogP contribution < -0.4 is 11.1 Å². The number of imidazole rings is 1. The summed E-state index contributed by atoms with van der Waals surface area (Å²) >= 11 is 0. The first-order valence-electron chi connectivity index (χ1n) is 12.7. The molecule has 0 amide bonds. The van der Waals surface area contributed by atoms with E-state index in [1.54, 1.807) is 18.5 Å². The molecule has 190 valence electrons. The van der Waals surface area contributed by atoms with Gasteiger partial charge in [0.15, 0.2) is 5.82 Å². The fourth-order valence-corrected chi connectivity index (χ4v) is 3.58. The molecule has 0 atom stereocenters. The number of nitrogen functional groups attached to an aromatic ring is 1. The molecule has 0 aliphatic carbocycles. The molecule has 1 aromatic carbocycles. The number of fused-ring (bicyclic) bond motifs is 1. The van der Waals surface area contributed by atoms with Gasteiger partial charge in [0, 0.05) is 47.4 Å². The number of nitrogens with zero attached hydrogens (tertiary/aromatic N) is 3. The fourth-order valence-electron chi connectivity index (χ4n) is 3.58. The van der Waals surface area contributed by atoms with E-state index in [2.05, 4.69) is 44.8 Å². The van der Waals surface area contributed by atoms with Crippen LogP contribution in [-0.4, -0.2) is 32.2 Å². The molecule has 0 fully saturated rings. The highest BCUT2D eigenvalue weighted by Gasteiger charge is 2.16. The van der Waals surface area contributed by atoms with Crippen molar-refractivity contribution in [2.24, 2.45) is 0 Å². The maximum atomic E-state index is 8.74. The van der Waals surface area contributed by atoms with E-state index >= 15 is 0 Å². The molecule has 3 heterocycles. The van der Waals surface area contributed by atoms with Crippen molar-refractivity contribution in [1.82, 2.24) is 25.3 Å². The van der Waals surface area contributed by atoms with E-state index in [0.29, 0.717) is 11.4 Å². The van der Waals surface area contributed by atoms with Crippen molar-refractivity contribution in [1.29, 1.82) is 5.41 Å². The molecule has 0 radical (unpaired) electrons. The van der Waals surface area contributed by atoms with Crippen LogP contribution in [0.2, 0.25) is 0 Å². The van der Waals surface area contributed by atoms with Crippen LogP contribution in [0.1, 0.15) is 70.0 Å². The Morgan fingerprint density at radius 1 is 1.11 bits per heavy atom. The SMILES string of the molecule is C=Cc1cccc2[nH]c(C(=N)c3cc(-c4cncc(CNCCCC)c4)cnc3N)nc12.CC.CC. The van der Waals surface area contributed by atoms with E-state index in [1.165, 1.54) is 0 Å². The van der Waals surface area contributed by atoms with Crippen LogP contribution >= 0.6 is 0 Å². The van der Waals surface area contributed by atoms with Crippen molar-refractivity contribution in [2.75, 3.05) is 12.3 Å². The number of rotatable bonds is 9. The lowest BCUT2D eigenvalue weighted by molar-refractivity contribution is 0.640. The first-order chi connectivity index (χ1) is 17.6. The van der Waals surface area contributed by atoms with Gasteiger partial charge in [-0.2, -0.15) is 0 Å². The van der Waals surface area contributed by atoms with Gasteiger partial charge in [0.25, 0.3) is 0 Å². The predicted octanol–water partition coefficient (Wildman–Crippen LogP) is 6.60. The van der Waals surface area contributed by atoms with Gasteiger partial charge in [-0.25, -0.2) is 9.97 Å². The van der Waals surface area contributed by atoms with E-state index < -0.39 is 0 Å². The molecule has 7 nitrogen and oxygen atoms in total. The highest BCUT2D eigenvalue weighted by molar-refractivity contribution is 6.13. The predicted molar refractivity (Wildman–Crippen MR) is 153 cm³/mol. The van der Waals surface area contributed by atoms with E-state index in [9.17, 15) is 0 Å². The second-order valence-corrected chi connectivity index (χ2v) is 7.68. The Bertz CT molecular complexity index is 1270. The number of aromatic amines is 1. The number of hydrogen-bond donors (Lipinski definition) is 4. The molecule has 3 aromatic heterocycles. The quantitative estimate of drug-likeness (QED) is 0.157. The second kappa shape index (κ2) is 14.5. The van der Waals surface area contributed by atoms with Gasteiger partial charge >= 0.3 is 0 Å². The normalized spacial score (nSPS) is 10.1. The number of pyridine rings is 2. The number of anilines is 1. The Hall–Kier alpha value is -3.84. The topological polar surface area (TPSA) is 116 Å². The van der Waals surface area contributed by atoms with Crippen LogP contribution in [0.4, 0.5) is 5.82 Å². The minimum Gasteiger partial charge on any atom is -0.383 e. The van der Waals surface area contributed by atoms with E-state index in [4.69, 9.17) is 11.1 Å². The van der Waals surface area contributed by atoms with E-state index in [1.807, 2.05) is 58.2 Å². The van der Waals surface area contributed by atoms with Crippen molar-refractivity contribution in [3.05, 3.63) is 78.0 Å². The summed E-state index contributed by atoms with van der Waals surface area (Å²) in [4.78, 5) is 16.5. The molecule has 4 aromatic rings. The highest BCUT2D eigenvalue weighted by atomic mass is 14.9. The Morgan fingerprint density at radius 3 is 2.58 bits per heavy atom. The zero-order chi connectivity index (χ0) is 26.5. The molecule has 0 aliphatic heterocycles. The maximum absolute atomic E-state index is 8.74. The van der Waals surface area contributed by atoms with Crippen LogP contribution in [-0.2, 0) is 6.54 Å². The maximum Gasteiger partial charge on any atom is 0.157 e. The summed E-state index contributed by atoms with van der Waals surface area (Å²) in [5, 5.41) is 12.2. The third kappa shape index (κ3) is 6.86. The van der Waals surface area contributed by atoms with Crippen LogP contribution in [0.3, 0.4) is 0 Å². The Labute approximate surface area is 214 Å². The van der Waals surface area contributed by atoms with Crippen LogP contribution in [0, 0.1) is 5.41 Å². The van der Waals surface area contributed by atoms with Gasteiger partial charge in [-0.15, -0.1) is 0 Å². The minimum atomic E-state index is 0.188. The average Bonchev–Trinajstić information content (AvgIpc) is 3.38. The van der Waals surface area contributed by atoms with Crippen molar-refractivity contribution >= 4 is 28.6 Å². The molecule has 0 saturated carbocycles. The molecule has 0 spiro atoms. The zero-order valence-corrected chi connectivity index (χ0v) is 22.2. The number of hydrogen-bond acceptors (Lipinski definition) is 6. The minimum absolute atomic E-state index is 0.188. The molecular weight excluding hydrogens is 446 g/mol. The first kappa shape index (κ1) is 28.4. The summed E-state index contributed by atoms with van der Waals surface area (Å²) < 4.78 is 0. The van der Waals surface area contributed by atoms with Crippen molar-refractivity contribution in [3.8, 4) is 11.1 Å². The number of benzene rings is 1. The lowest BCUT2D eigenvalue weighted by Gasteiger charge is -2.09. The van der Waals surface area contributed by atoms with Gasteiger partial charge in [-0.1, -0.05) is 65.8 Å². The monoisotopic (exact) mass is 485 g/mol. The summed E-state index contributed by atoms with van der Waals surface area (Å²) in [6, 6.07) is 9.76. The van der Waals surface area contributed by atoms with Crippen molar-refractivity contribution < 1.29 is 0 Å². The molecule has 7 heteroatoms.